The summed E-state index contributed by atoms with van der Waals surface area (Å²) < 4.78 is 31.8. The Bertz CT molecular complexity index is 813. The molecule has 0 aliphatic rings. The first kappa shape index (κ1) is 36.3. The summed E-state index contributed by atoms with van der Waals surface area (Å²) in [6.07, 6.45) is 9.70. The Hall–Kier alpha value is -1.70. The van der Waals surface area contributed by atoms with E-state index in [1.165, 1.54) is 25.7 Å². The van der Waals surface area contributed by atoms with Crippen molar-refractivity contribution in [3.05, 3.63) is 52.9 Å². The number of rotatable bonds is 25. The fraction of sp³-hybridized carbons (Fsp3) is 0.733. The predicted octanol–water partition coefficient (Wildman–Crippen LogP) is 8.59. The molecule has 40 heavy (non-hydrogen) atoms. The van der Waals surface area contributed by atoms with Crippen LogP contribution in [0.2, 0.25) is 0 Å². The smallest absolute Gasteiger partial charge is 0.259 e. The van der Waals surface area contributed by atoms with E-state index in [0.29, 0.717) is 19.8 Å². The Morgan fingerprint density at radius 3 is 2.30 bits per heavy atom. The van der Waals surface area contributed by atoms with Crippen LogP contribution in [0.1, 0.15) is 85.1 Å². The van der Waals surface area contributed by atoms with E-state index in [-0.39, 0.29) is 31.4 Å². The van der Waals surface area contributed by atoms with E-state index in [1.807, 2.05) is 24.3 Å². The van der Waals surface area contributed by atoms with Gasteiger partial charge in [-0.3, -0.25) is 0 Å². The van der Waals surface area contributed by atoms with E-state index >= 15 is 0 Å². The summed E-state index contributed by atoms with van der Waals surface area (Å²) in [6, 6.07) is 8.00. The molecule has 3 atom stereocenters. The third-order valence-corrected chi connectivity index (χ3v) is 8.35. The highest BCUT2D eigenvalue weighted by molar-refractivity contribution is 7.44. The summed E-state index contributed by atoms with van der Waals surface area (Å²) in [4.78, 5) is 3.01. The average molecular weight is 581 g/mol. The lowest BCUT2D eigenvalue weighted by molar-refractivity contribution is 0.00274. The molecule has 1 rings (SSSR count). The average Bonchev–Trinajstić information content (AvgIpc) is 2.94. The summed E-state index contributed by atoms with van der Waals surface area (Å²) >= 11 is 0. The first-order valence-corrected chi connectivity index (χ1v) is 15.8. The van der Waals surface area contributed by atoms with E-state index in [0.717, 1.165) is 30.6 Å². The van der Waals surface area contributed by atoms with E-state index < -0.39 is 14.6 Å². The van der Waals surface area contributed by atoms with Gasteiger partial charge < -0.3 is 23.3 Å². The Morgan fingerprint density at radius 2 is 1.70 bits per heavy atom. The minimum atomic E-state index is -1.33. The van der Waals surface area contributed by atoms with E-state index in [2.05, 4.69) is 55.9 Å². The zero-order chi connectivity index (χ0) is 29.6. The van der Waals surface area contributed by atoms with Crippen LogP contribution in [0.4, 0.5) is 0 Å². The first-order chi connectivity index (χ1) is 19.4. The van der Waals surface area contributed by atoms with Crippen LogP contribution >= 0.6 is 8.53 Å². The summed E-state index contributed by atoms with van der Waals surface area (Å²) in [7, 11) is 0.339. The number of hydrogen-bond donors (Lipinski definition) is 0. The van der Waals surface area contributed by atoms with E-state index in [1.54, 1.807) is 13.2 Å². The standard InChI is InChI=1S/C30H53N4O5P/c1-8-10-11-12-13-14-30(37-22-27-15-17-29(35-7)18-16-27)19-21-36-23-28(32-33-31)24-39-40(38-20-9-2)34(25(3)4)26(5)6/h9,15-18,25-26,28,30H,2,8,10-14,19-24H2,1,3-7H3/t28?,30-,40?/m1/s1. The molecule has 2 unspecified atom stereocenters. The van der Waals surface area contributed by atoms with E-state index in [4.69, 9.17) is 28.8 Å². The molecule has 0 amide bonds. The van der Waals surface area contributed by atoms with Crippen LogP contribution in [-0.2, 0) is 25.1 Å². The summed E-state index contributed by atoms with van der Waals surface area (Å²) in [5, 5.41) is 3.92. The Morgan fingerprint density at radius 1 is 1.00 bits per heavy atom. The van der Waals surface area contributed by atoms with E-state index in [9.17, 15) is 0 Å². The normalized spacial score (nSPS) is 13.8. The van der Waals surface area contributed by atoms with Crippen molar-refractivity contribution in [3.8, 4) is 5.75 Å². The maximum Gasteiger partial charge on any atom is 0.259 e. The zero-order valence-electron chi connectivity index (χ0n) is 25.7. The van der Waals surface area contributed by atoms with Crippen LogP contribution in [0, 0.1) is 0 Å². The molecule has 0 saturated carbocycles. The Labute approximate surface area is 244 Å². The molecule has 0 aliphatic heterocycles. The van der Waals surface area contributed by atoms with Crippen LogP contribution in [-0.4, -0.2) is 62.4 Å². The molecule has 0 fully saturated rings. The lowest BCUT2D eigenvalue weighted by Gasteiger charge is -2.35. The van der Waals surface area contributed by atoms with Crippen molar-refractivity contribution in [1.82, 2.24) is 4.67 Å². The van der Waals surface area contributed by atoms with Crippen molar-refractivity contribution < 1.29 is 23.3 Å². The highest BCUT2D eigenvalue weighted by atomic mass is 31.2. The van der Waals surface area contributed by atoms with Crippen molar-refractivity contribution in [1.29, 1.82) is 0 Å². The van der Waals surface area contributed by atoms with Gasteiger partial charge in [-0.25, -0.2) is 4.67 Å². The third-order valence-electron chi connectivity index (χ3n) is 6.31. The third kappa shape index (κ3) is 15.9. The summed E-state index contributed by atoms with van der Waals surface area (Å²) in [5.41, 5.74) is 10.2. The second-order valence-electron chi connectivity index (χ2n) is 10.4. The fourth-order valence-corrected chi connectivity index (χ4v) is 5.88. The van der Waals surface area contributed by atoms with Gasteiger partial charge in [0.05, 0.1) is 45.7 Å². The minimum Gasteiger partial charge on any atom is -0.497 e. The van der Waals surface area contributed by atoms with Gasteiger partial charge in [0.1, 0.15) is 5.75 Å². The van der Waals surface area contributed by atoms with Crippen molar-refractivity contribution >= 4 is 8.53 Å². The van der Waals surface area contributed by atoms with Gasteiger partial charge in [0.25, 0.3) is 8.53 Å². The van der Waals surface area contributed by atoms with Crippen molar-refractivity contribution in [2.75, 3.05) is 33.5 Å². The Balaban J connectivity index is 2.64. The van der Waals surface area contributed by atoms with Gasteiger partial charge in [-0.05, 0) is 63.8 Å². The summed E-state index contributed by atoms with van der Waals surface area (Å²) in [6.45, 7) is 16.4. The molecule has 228 valence electrons. The molecule has 0 heterocycles. The van der Waals surface area contributed by atoms with Crippen LogP contribution in [0.15, 0.2) is 42.0 Å². The lowest BCUT2D eigenvalue weighted by atomic mass is 10.1. The molecular weight excluding hydrogens is 527 g/mol. The molecule has 9 nitrogen and oxygen atoms in total. The number of unbranched alkanes of at least 4 members (excludes halogenated alkanes) is 4. The lowest BCUT2D eigenvalue weighted by Crippen LogP contribution is -2.34. The molecule has 0 N–H and O–H groups in total. The topological polar surface area (TPSA) is 98.2 Å². The maximum atomic E-state index is 9.11. The van der Waals surface area contributed by atoms with Gasteiger partial charge in [0.2, 0.25) is 0 Å². The monoisotopic (exact) mass is 580 g/mol. The molecule has 0 radical (unpaired) electrons. The number of benzene rings is 1. The van der Waals surface area contributed by atoms with Crippen molar-refractivity contribution in [2.24, 2.45) is 5.11 Å². The van der Waals surface area contributed by atoms with Gasteiger partial charge in [0.15, 0.2) is 0 Å². The highest BCUT2D eigenvalue weighted by Crippen LogP contribution is 2.46. The van der Waals surface area contributed by atoms with Gasteiger partial charge in [-0.1, -0.05) is 62.4 Å². The van der Waals surface area contributed by atoms with Crippen LogP contribution in [0.5, 0.6) is 5.75 Å². The minimum absolute atomic E-state index is 0.101. The molecular formula is C30H53N4O5P. The van der Waals surface area contributed by atoms with Gasteiger partial charge in [0, 0.05) is 23.6 Å². The zero-order valence-corrected chi connectivity index (χ0v) is 26.6. The number of azide groups is 1. The SMILES string of the molecule is C=CCOP(OCC(COCC[C@@H](CCCCCCC)OCc1ccc(OC)cc1)N=[N+]=[N-])N(C(C)C)C(C)C. The molecule has 0 aliphatic carbocycles. The second kappa shape index (κ2) is 22.9. The number of ether oxygens (including phenoxy) is 3. The highest BCUT2D eigenvalue weighted by Gasteiger charge is 2.27. The molecule has 1 aromatic carbocycles. The van der Waals surface area contributed by atoms with Crippen LogP contribution < -0.4 is 4.74 Å². The number of methoxy groups -OCH3 is 1. The second-order valence-corrected chi connectivity index (χ2v) is 11.8. The summed E-state index contributed by atoms with van der Waals surface area (Å²) in [5.74, 6) is 0.837. The van der Waals surface area contributed by atoms with Gasteiger partial charge >= 0.3 is 0 Å². The Kier molecular flexibility index (Phi) is 20.8. The molecule has 0 aromatic heterocycles. The van der Waals surface area contributed by atoms with Crippen LogP contribution in [0.3, 0.4) is 0 Å². The van der Waals surface area contributed by atoms with Gasteiger partial charge in [-0.2, -0.15) is 0 Å². The predicted molar refractivity (Wildman–Crippen MR) is 164 cm³/mol. The fourth-order valence-electron chi connectivity index (χ4n) is 4.25. The van der Waals surface area contributed by atoms with Crippen molar-refractivity contribution in [2.45, 2.75) is 110 Å². The quantitative estimate of drug-likeness (QED) is 0.0287. The molecule has 0 bridgehead atoms. The van der Waals surface area contributed by atoms with Crippen molar-refractivity contribution in [3.63, 3.8) is 0 Å². The molecule has 0 spiro atoms. The molecule has 1 aromatic rings. The molecule has 0 saturated heterocycles. The largest absolute Gasteiger partial charge is 0.497 e. The number of nitrogens with zero attached hydrogens (tertiary/aromatic N) is 4. The molecule has 10 heteroatoms. The van der Waals surface area contributed by atoms with Crippen LogP contribution in [0.25, 0.3) is 10.4 Å². The van der Waals surface area contributed by atoms with Gasteiger partial charge in [-0.15, -0.1) is 6.58 Å². The number of hydrogen-bond acceptors (Lipinski definition) is 7. The first-order valence-electron chi connectivity index (χ1n) is 14.7. The maximum absolute atomic E-state index is 9.11.